The van der Waals surface area contributed by atoms with Crippen molar-refractivity contribution in [3.63, 3.8) is 0 Å². The summed E-state index contributed by atoms with van der Waals surface area (Å²) in [5.74, 6) is -1.86. The number of rotatable bonds is 3. The molecule has 2 aromatic carbocycles. The highest BCUT2D eigenvalue weighted by atomic mass is 19.4. The van der Waals surface area contributed by atoms with Crippen LogP contribution >= 0.6 is 0 Å². The van der Waals surface area contributed by atoms with Crippen LogP contribution in [0.25, 0.3) is 10.9 Å². The molecule has 0 saturated heterocycles. The second-order valence-electron chi connectivity index (χ2n) is 5.48. The van der Waals surface area contributed by atoms with E-state index in [0.29, 0.717) is 17.5 Å². The molecular formula is C16H11F5N4O. The number of amides is 2. The SMILES string of the molecule is NC(=O)N(Cc1ccc(C(F)(F)F)cc1F)c1cc(F)cc2[nH]ncc12. The number of alkyl halides is 3. The largest absolute Gasteiger partial charge is 0.416 e. The van der Waals surface area contributed by atoms with Crippen molar-refractivity contribution in [1.29, 1.82) is 0 Å². The number of anilines is 1. The molecule has 0 aliphatic rings. The Kier molecular flexibility index (Phi) is 4.26. The van der Waals surface area contributed by atoms with E-state index < -0.39 is 36.0 Å². The van der Waals surface area contributed by atoms with Gasteiger partial charge in [-0.15, -0.1) is 0 Å². The molecule has 1 aromatic heterocycles. The van der Waals surface area contributed by atoms with Crippen LogP contribution in [0.1, 0.15) is 11.1 Å². The molecule has 0 aliphatic heterocycles. The lowest BCUT2D eigenvalue weighted by Gasteiger charge is -2.22. The fourth-order valence-electron chi connectivity index (χ4n) is 2.53. The zero-order valence-corrected chi connectivity index (χ0v) is 12.9. The van der Waals surface area contributed by atoms with Gasteiger partial charge in [-0.25, -0.2) is 13.6 Å². The number of fused-ring (bicyclic) bond motifs is 1. The number of nitrogens with two attached hydrogens (primary N) is 1. The molecule has 0 atom stereocenters. The summed E-state index contributed by atoms with van der Waals surface area (Å²) in [7, 11) is 0. The van der Waals surface area contributed by atoms with Gasteiger partial charge in [0.25, 0.3) is 0 Å². The van der Waals surface area contributed by atoms with E-state index in [1.165, 1.54) is 6.20 Å². The van der Waals surface area contributed by atoms with Crippen molar-refractivity contribution in [3.8, 4) is 0 Å². The molecule has 5 nitrogen and oxygen atoms in total. The number of carbonyl (C=O) groups is 1. The summed E-state index contributed by atoms with van der Waals surface area (Å²) in [6, 6.07) is 3.04. The highest BCUT2D eigenvalue weighted by Crippen LogP contribution is 2.32. The van der Waals surface area contributed by atoms with Crippen molar-refractivity contribution < 1.29 is 26.7 Å². The highest BCUT2D eigenvalue weighted by Gasteiger charge is 2.31. The minimum atomic E-state index is -4.70. The second-order valence-corrected chi connectivity index (χ2v) is 5.48. The lowest BCUT2D eigenvalue weighted by Crippen LogP contribution is -2.35. The first-order valence-electron chi connectivity index (χ1n) is 7.22. The number of halogens is 5. The van der Waals surface area contributed by atoms with E-state index in [0.717, 1.165) is 23.1 Å². The highest BCUT2D eigenvalue weighted by molar-refractivity contribution is 6.01. The maximum atomic E-state index is 14.1. The van der Waals surface area contributed by atoms with Crippen molar-refractivity contribution in [2.24, 2.45) is 5.73 Å². The summed E-state index contributed by atoms with van der Waals surface area (Å²) in [6.07, 6.45) is -3.38. The van der Waals surface area contributed by atoms with E-state index in [4.69, 9.17) is 5.73 Å². The maximum absolute atomic E-state index is 14.1. The minimum absolute atomic E-state index is 0.0144. The predicted molar refractivity (Wildman–Crippen MR) is 83.2 cm³/mol. The van der Waals surface area contributed by atoms with Crippen LogP contribution in [0, 0.1) is 11.6 Å². The molecule has 3 aromatic rings. The topological polar surface area (TPSA) is 75.0 Å². The molecule has 26 heavy (non-hydrogen) atoms. The van der Waals surface area contributed by atoms with E-state index in [9.17, 15) is 26.7 Å². The fraction of sp³-hybridized carbons (Fsp3) is 0.125. The van der Waals surface area contributed by atoms with Gasteiger partial charge in [0.2, 0.25) is 0 Å². The number of primary amides is 1. The van der Waals surface area contributed by atoms with Crippen molar-refractivity contribution in [2.45, 2.75) is 12.7 Å². The van der Waals surface area contributed by atoms with Crippen molar-refractivity contribution in [2.75, 3.05) is 4.90 Å². The van der Waals surface area contributed by atoms with Crippen molar-refractivity contribution in [3.05, 3.63) is 59.3 Å². The van der Waals surface area contributed by atoms with Gasteiger partial charge in [-0.3, -0.25) is 10.00 Å². The third kappa shape index (κ3) is 3.30. The number of nitrogens with zero attached hydrogens (tertiary/aromatic N) is 2. The summed E-state index contributed by atoms with van der Waals surface area (Å²) in [4.78, 5) is 12.7. The van der Waals surface area contributed by atoms with Gasteiger partial charge in [0.15, 0.2) is 0 Å². The van der Waals surface area contributed by atoms with Crippen molar-refractivity contribution in [1.82, 2.24) is 10.2 Å². The number of carbonyl (C=O) groups excluding carboxylic acids is 1. The Balaban J connectivity index is 2.02. The Morgan fingerprint density at radius 1 is 1.19 bits per heavy atom. The molecule has 1 heterocycles. The Labute approximate surface area is 143 Å². The van der Waals surface area contributed by atoms with Crippen LogP contribution in [-0.4, -0.2) is 16.2 Å². The van der Waals surface area contributed by atoms with E-state index in [-0.39, 0.29) is 16.8 Å². The summed E-state index contributed by atoms with van der Waals surface area (Å²) in [6.45, 7) is -0.483. The Hall–Kier alpha value is -3.17. The summed E-state index contributed by atoms with van der Waals surface area (Å²) in [5.41, 5.74) is 4.23. The molecular weight excluding hydrogens is 359 g/mol. The molecule has 0 unspecified atom stereocenters. The Morgan fingerprint density at radius 2 is 1.92 bits per heavy atom. The van der Waals surface area contributed by atoms with Gasteiger partial charge >= 0.3 is 12.2 Å². The normalized spacial score (nSPS) is 11.7. The van der Waals surface area contributed by atoms with Crippen LogP contribution in [0.2, 0.25) is 0 Å². The van der Waals surface area contributed by atoms with Gasteiger partial charge in [0.05, 0.1) is 29.5 Å². The van der Waals surface area contributed by atoms with E-state index in [2.05, 4.69) is 10.2 Å². The smallest absolute Gasteiger partial charge is 0.351 e. The van der Waals surface area contributed by atoms with Gasteiger partial charge in [-0.1, -0.05) is 6.07 Å². The minimum Gasteiger partial charge on any atom is -0.351 e. The van der Waals surface area contributed by atoms with Gasteiger partial charge in [0.1, 0.15) is 11.6 Å². The average molecular weight is 370 g/mol. The van der Waals surface area contributed by atoms with Crippen LogP contribution < -0.4 is 10.6 Å². The van der Waals surface area contributed by atoms with Gasteiger partial charge in [0, 0.05) is 10.9 Å². The molecule has 0 spiro atoms. The first-order chi connectivity index (χ1) is 12.2. The second kappa shape index (κ2) is 6.28. The molecule has 2 amide bonds. The number of hydrogen-bond acceptors (Lipinski definition) is 2. The number of benzene rings is 2. The molecule has 3 N–H and O–H groups in total. The van der Waals surface area contributed by atoms with Gasteiger partial charge in [-0.2, -0.15) is 18.3 Å². The van der Waals surface area contributed by atoms with Crippen molar-refractivity contribution >= 4 is 22.6 Å². The lowest BCUT2D eigenvalue weighted by atomic mass is 10.1. The fourth-order valence-corrected chi connectivity index (χ4v) is 2.53. The Morgan fingerprint density at radius 3 is 2.54 bits per heavy atom. The van der Waals surface area contributed by atoms with Crippen LogP contribution in [0.4, 0.5) is 32.4 Å². The number of urea groups is 1. The summed E-state index contributed by atoms with van der Waals surface area (Å²) < 4.78 is 65.8. The third-order valence-electron chi connectivity index (χ3n) is 3.77. The molecule has 0 saturated carbocycles. The van der Waals surface area contributed by atoms with E-state index in [1.54, 1.807) is 0 Å². The van der Waals surface area contributed by atoms with Gasteiger partial charge < -0.3 is 5.73 Å². The Bertz CT molecular complexity index is 982. The number of aromatic amines is 1. The number of hydrogen-bond donors (Lipinski definition) is 2. The lowest BCUT2D eigenvalue weighted by molar-refractivity contribution is -0.137. The van der Waals surface area contributed by atoms with Crippen LogP contribution in [0.5, 0.6) is 0 Å². The first kappa shape index (κ1) is 17.6. The molecule has 136 valence electrons. The van der Waals surface area contributed by atoms with Gasteiger partial charge in [-0.05, 0) is 24.3 Å². The molecule has 0 fully saturated rings. The number of nitrogens with one attached hydrogen (secondary N) is 1. The molecule has 0 radical (unpaired) electrons. The summed E-state index contributed by atoms with van der Waals surface area (Å²) >= 11 is 0. The zero-order chi connectivity index (χ0) is 19.1. The van der Waals surface area contributed by atoms with E-state index in [1.807, 2.05) is 0 Å². The third-order valence-corrected chi connectivity index (χ3v) is 3.77. The molecule has 10 heteroatoms. The van der Waals surface area contributed by atoms with Crippen LogP contribution in [0.3, 0.4) is 0 Å². The predicted octanol–water partition coefficient (Wildman–Crippen LogP) is 3.95. The number of aromatic nitrogens is 2. The monoisotopic (exact) mass is 370 g/mol. The molecule has 3 rings (SSSR count). The van der Waals surface area contributed by atoms with Crippen LogP contribution in [0.15, 0.2) is 36.5 Å². The maximum Gasteiger partial charge on any atom is 0.416 e. The molecule has 0 aliphatic carbocycles. The average Bonchev–Trinajstić information content (AvgIpc) is 3.00. The van der Waals surface area contributed by atoms with Crippen LogP contribution in [-0.2, 0) is 12.7 Å². The summed E-state index contributed by atoms with van der Waals surface area (Å²) in [5, 5.41) is 6.61. The first-order valence-corrected chi connectivity index (χ1v) is 7.22. The van der Waals surface area contributed by atoms with E-state index >= 15 is 0 Å². The standard InChI is InChI=1S/C16H11F5N4O/c17-10-4-13-11(6-23-24-13)14(5-10)25(15(22)26)7-8-1-2-9(3-12(8)18)16(19,20)21/h1-6H,7H2,(H2,22,26)(H,23,24). The zero-order valence-electron chi connectivity index (χ0n) is 12.9. The molecule has 0 bridgehead atoms. The number of H-pyrrole nitrogens is 1. The quantitative estimate of drug-likeness (QED) is 0.685.